The van der Waals surface area contributed by atoms with Gasteiger partial charge in [-0.15, -0.1) is 11.3 Å². The first-order chi connectivity index (χ1) is 15.1. The van der Waals surface area contributed by atoms with Crippen LogP contribution in [-0.2, 0) is 6.54 Å². The second-order valence-corrected chi connectivity index (χ2v) is 8.69. The largest absolute Gasteiger partial charge is 0.337 e. The molecule has 3 heterocycles. The lowest BCUT2D eigenvalue weighted by Crippen LogP contribution is -2.35. The van der Waals surface area contributed by atoms with E-state index < -0.39 is 0 Å². The predicted molar refractivity (Wildman–Crippen MR) is 118 cm³/mol. The van der Waals surface area contributed by atoms with E-state index in [1.807, 2.05) is 34.5 Å². The van der Waals surface area contributed by atoms with E-state index in [1.165, 1.54) is 22.7 Å². The number of imide groups is 1. The molecule has 3 amide bonds. The Kier molecular flexibility index (Phi) is 5.11. The van der Waals surface area contributed by atoms with Gasteiger partial charge in [0.05, 0.1) is 17.7 Å². The maximum atomic E-state index is 12.6. The molecule has 2 aliphatic rings. The molecule has 6 nitrogen and oxygen atoms in total. The number of rotatable bonds is 4. The average Bonchev–Trinajstić information content (AvgIpc) is 3.40. The van der Waals surface area contributed by atoms with Gasteiger partial charge in [0.2, 0.25) is 0 Å². The third-order valence-corrected chi connectivity index (χ3v) is 6.68. The van der Waals surface area contributed by atoms with Gasteiger partial charge in [-0.2, -0.15) is 0 Å². The van der Waals surface area contributed by atoms with Gasteiger partial charge in [0, 0.05) is 24.0 Å². The third-order valence-electron chi connectivity index (χ3n) is 5.79. The van der Waals surface area contributed by atoms with Crippen molar-refractivity contribution in [1.82, 2.24) is 14.8 Å². The molecule has 0 bridgehead atoms. The van der Waals surface area contributed by atoms with Crippen molar-refractivity contribution in [2.45, 2.75) is 25.8 Å². The van der Waals surface area contributed by atoms with E-state index >= 15 is 0 Å². The number of aromatic nitrogens is 1. The molecule has 1 saturated heterocycles. The molecule has 0 spiro atoms. The molecule has 156 valence electrons. The van der Waals surface area contributed by atoms with Crippen LogP contribution in [0.1, 0.15) is 56.0 Å². The van der Waals surface area contributed by atoms with Gasteiger partial charge in [-0.05, 0) is 37.0 Å². The highest BCUT2D eigenvalue weighted by Crippen LogP contribution is 2.27. The Bertz CT molecular complexity index is 1130. The van der Waals surface area contributed by atoms with Crippen LogP contribution in [0.3, 0.4) is 0 Å². The van der Waals surface area contributed by atoms with Crippen molar-refractivity contribution >= 4 is 29.1 Å². The van der Waals surface area contributed by atoms with Crippen LogP contribution in [0.15, 0.2) is 53.9 Å². The summed E-state index contributed by atoms with van der Waals surface area (Å²) in [6.07, 6.45) is 3.29. The number of piperidine rings is 1. The van der Waals surface area contributed by atoms with Crippen LogP contribution in [-0.4, -0.2) is 45.6 Å². The Labute approximate surface area is 184 Å². The van der Waals surface area contributed by atoms with Crippen molar-refractivity contribution < 1.29 is 14.4 Å². The van der Waals surface area contributed by atoms with Crippen LogP contribution in [0.4, 0.5) is 0 Å². The van der Waals surface area contributed by atoms with Gasteiger partial charge in [-0.1, -0.05) is 36.4 Å². The summed E-state index contributed by atoms with van der Waals surface area (Å²) in [7, 11) is 0. The zero-order valence-electron chi connectivity index (χ0n) is 16.9. The van der Waals surface area contributed by atoms with Crippen LogP contribution in [0.2, 0.25) is 0 Å². The Morgan fingerprint density at radius 1 is 0.903 bits per heavy atom. The quantitative estimate of drug-likeness (QED) is 0.580. The van der Waals surface area contributed by atoms with E-state index in [4.69, 9.17) is 0 Å². The minimum Gasteiger partial charge on any atom is -0.337 e. The summed E-state index contributed by atoms with van der Waals surface area (Å²) >= 11 is 1.45. The van der Waals surface area contributed by atoms with Gasteiger partial charge < -0.3 is 4.90 Å². The molecule has 0 N–H and O–H groups in total. The Morgan fingerprint density at radius 2 is 1.55 bits per heavy atom. The molecule has 0 atom stereocenters. The van der Waals surface area contributed by atoms with E-state index in [1.54, 1.807) is 24.3 Å². The highest BCUT2D eigenvalue weighted by molar-refractivity contribution is 7.13. The van der Waals surface area contributed by atoms with E-state index in [-0.39, 0.29) is 24.3 Å². The monoisotopic (exact) mass is 431 g/mol. The van der Waals surface area contributed by atoms with Crippen molar-refractivity contribution in [2.75, 3.05) is 13.1 Å². The molecule has 2 aliphatic heterocycles. The zero-order valence-corrected chi connectivity index (χ0v) is 17.7. The molecule has 3 aromatic rings. The van der Waals surface area contributed by atoms with Gasteiger partial charge in [-0.25, -0.2) is 4.98 Å². The maximum absolute atomic E-state index is 12.6. The lowest BCUT2D eigenvalue weighted by molar-refractivity contribution is 0.0641. The summed E-state index contributed by atoms with van der Waals surface area (Å²) in [6, 6.07) is 14.5. The van der Waals surface area contributed by atoms with Crippen LogP contribution in [0.5, 0.6) is 0 Å². The van der Waals surface area contributed by atoms with Gasteiger partial charge >= 0.3 is 0 Å². The molecule has 0 aliphatic carbocycles. The fourth-order valence-electron chi connectivity index (χ4n) is 4.08. The lowest BCUT2D eigenvalue weighted by atomic mass is 10.1. The first-order valence-electron chi connectivity index (χ1n) is 10.4. The number of fused-ring (bicyclic) bond motifs is 1. The summed E-state index contributed by atoms with van der Waals surface area (Å²) in [4.78, 5) is 45.5. The highest BCUT2D eigenvalue weighted by Gasteiger charge is 2.34. The number of hydrogen-bond donors (Lipinski definition) is 0. The number of thiazole rings is 1. The second-order valence-electron chi connectivity index (χ2n) is 7.83. The minimum atomic E-state index is -0.259. The van der Waals surface area contributed by atoms with E-state index in [0.29, 0.717) is 16.8 Å². The van der Waals surface area contributed by atoms with E-state index in [0.717, 1.165) is 42.1 Å². The van der Waals surface area contributed by atoms with Crippen LogP contribution < -0.4 is 0 Å². The lowest BCUT2D eigenvalue weighted by Gasteiger charge is -2.25. The van der Waals surface area contributed by atoms with Crippen LogP contribution >= 0.6 is 11.3 Å². The molecule has 0 saturated carbocycles. The number of benzene rings is 2. The smallest absolute Gasteiger partial charge is 0.273 e. The molecule has 5 rings (SSSR count). The van der Waals surface area contributed by atoms with Crippen molar-refractivity contribution in [3.63, 3.8) is 0 Å². The fourth-order valence-corrected chi connectivity index (χ4v) is 4.88. The van der Waals surface area contributed by atoms with Crippen molar-refractivity contribution in [3.8, 4) is 10.6 Å². The first-order valence-corrected chi connectivity index (χ1v) is 11.3. The average molecular weight is 432 g/mol. The molecule has 0 unspecified atom stereocenters. The minimum absolute atomic E-state index is 0.00412. The van der Waals surface area contributed by atoms with Crippen molar-refractivity contribution in [1.29, 1.82) is 0 Å². The van der Waals surface area contributed by atoms with Crippen molar-refractivity contribution in [3.05, 3.63) is 76.3 Å². The molecule has 2 aromatic carbocycles. The Morgan fingerprint density at radius 3 is 2.19 bits per heavy atom. The van der Waals surface area contributed by atoms with Gasteiger partial charge in [-0.3, -0.25) is 19.3 Å². The normalized spacial score (nSPS) is 16.0. The van der Waals surface area contributed by atoms with Gasteiger partial charge in [0.1, 0.15) is 10.7 Å². The number of amides is 3. The molecular weight excluding hydrogens is 410 g/mol. The predicted octanol–water partition coefficient (Wildman–Crippen LogP) is 4.23. The second kappa shape index (κ2) is 8.07. The summed E-state index contributed by atoms with van der Waals surface area (Å²) in [6.45, 7) is 1.83. The van der Waals surface area contributed by atoms with Gasteiger partial charge in [0.15, 0.2) is 0 Å². The number of likely N-dealkylation sites (tertiary alicyclic amines) is 1. The molecular formula is C24H21N3O3S. The summed E-state index contributed by atoms with van der Waals surface area (Å²) in [5.41, 5.74) is 3.18. The zero-order chi connectivity index (χ0) is 21.4. The Hall–Kier alpha value is -3.32. The standard InChI is InChI=1S/C24H21N3O3S/c28-22-18-6-2-3-7-19(18)23(29)27(22)14-16-8-10-17(11-9-16)21-25-20(15-31-21)24(30)26-12-4-1-5-13-26/h2-3,6-11,15H,1,4-5,12-14H2. The van der Waals surface area contributed by atoms with E-state index in [2.05, 4.69) is 4.98 Å². The number of carbonyl (C=O) groups excluding carboxylic acids is 3. The third kappa shape index (κ3) is 3.65. The van der Waals surface area contributed by atoms with Gasteiger partial charge in [0.25, 0.3) is 17.7 Å². The summed E-state index contributed by atoms with van der Waals surface area (Å²) in [5.74, 6) is -0.514. The highest BCUT2D eigenvalue weighted by atomic mass is 32.1. The number of hydrogen-bond acceptors (Lipinski definition) is 5. The fraction of sp³-hybridized carbons (Fsp3) is 0.250. The van der Waals surface area contributed by atoms with Crippen molar-refractivity contribution in [2.24, 2.45) is 0 Å². The summed E-state index contributed by atoms with van der Waals surface area (Å²) < 4.78 is 0. The van der Waals surface area contributed by atoms with E-state index in [9.17, 15) is 14.4 Å². The van der Waals surface area contributed by atoms with Crippen LogP contribution in [0, 0.1) is 0 Å². The molecule has 1 aromatic heterocycles. The number of nitrogens with zero attached hydrogens (tertiary/aromatic N) is 3. The molecule has 7 heteroatoms. The number of carbonyl (C=O) groups is 3. The van der Waals surface area contributed by atoms with Crippen LogP contribution in [0.25, 0.3) is 10.6 Å². The molecule has 31 heavy (non-hydrogen) atoms. The topological polar surface area (TPSA) is 70.6 Å². The Balaban J connectivity index is 1.29. The molecule has 0 radical (unpaired) electrons. The maximum Gasteiger partial charge on any atom is 0.273 e. The first kappa shape index (κ1) is 19.6. The summed E-state index contributed by atoms with van der Waals surface area (Å²) in [5, 5.41) is 2.60. The SMILES string of the molecule is O=C(c1csc(-c2ccc(CN3C(=O)c4ccccc4C3=O)cc2)n1)N1CCCCC1. The molecule has 1 fully saturated rings.